The molecule has 1 amide bonds. The first-order chi connectivity index (χ1) is 13.4. The molecule has 0 aromatic heterocycles. The minimum Gasteiger partial charge on any atom is -0.379 e. The molecular weight excluding hydrogens is 403 g/mol. The molecule has 1 saturated heterocycles. The molecule has 1 atom stereocenters. The molecule has 6 nitrogen and oxygen atoms in total. The van der Waals surface area contributed by atoms with Crippen LogP contribution in [0, 0.1) is 5.82 Å². The Labute approximate surface area is 168 Å². The number of rotatable bonds is 6. The number of nitrogens with one attached hydrogen (secondary N) is 1. The van der Waals surface area contributed by atoms with E-state index in [1.54, 1.807) is 37.3 Å². The van der Waals surface area contributed by atoms with E-state index in [1.165, 1.54) is 22.5 Å². The van der Waals surface area contributed by atoms with Crippen LogP contribution in [-0.2, 0) is 19.6 Å². The molecule has 1 unspecified atom stereocenters. The number of nitrogens with zero attached hydrogens (tertiary/aromatic N) is 1. The van der Waals surface area contributed by atoms with Gasteiger partial charge in [-0.15, -0.1) is 11.8 Å². The number of ether oxygens (including phenoxy) is 1. The number of hydrogen-bond acceptors (Lipinski definition) is 5. The fourth-order valence-electron chi connectivity index (χ4n) is 2.67. The number of carbonyl (C=O) groups excluding carboxylic acids is 1. The topological polar surface area (TPSA) is 75.7 Å². The van der Waals surface area contributed by atoms with E-state index < -0.39 is 15.3 Å². The Hall–Kier alpha value is -1.94. The molecule has 0 saturated carbocycles. The smallest absolute Gasteiger partial charge is 0.243 e. The van der Waals surface area contributed by atoms with Gasteiger partial charge in [-0.25, -0.2) is 12.8 Å². The molecule has 2 aromatic rings. The van der Waals surface area contributed by atoms with Gasteiger partial charge >= 0.3 is 0 Å². The highest BCUT2D eigenvalue weighted by atomic mass is 32.2. The van der Waals surface area contributed by atoms with Crippen molar-refractivity contribution in [1.82, 2.24) is 4.31 Å². The van der Waals surface area contributed by atoms with Crippen molar-refractivity contribution in [2.24, 2.45) is 0 Å². The molecule has 0 aliphatic carbocycles. The van der Waals surface area contributed by atoms with E-state index in [1.807, 2.05) is 0 Å². The normalized spacial score (nSPS) is 16.5. The van der Waals surface area contributed by atoms with Crippen LogP contribution in [0.25, 0.3) is 0 Å². The number of thioether (sulfide) groups is 1. The van der Waals surface area contributed by atoms with Crippen molar-refractivity contribution in [2.75, 3.05) is 31.6 Å². The van der Waals surface area contributed by atoms with Crippen molar-refractivity contribution in [1.29, 1.82) is 0 Å². The van der Waals surface area contributed by atoms with Gasteiger partial charge in [-0.2, -0.15) is 4.31 Å². The number of benzene rings is 2. The monoisotopic (exact) mass is 424 g/mol. The molecule has 0 bridgehead atoms. The fourth-order valence-corrected chi connectivity index (χ4v) is 4.97. The Bertz CT molecular complexity index is 929. The summed E-state index contributed by atoms with van der Waals surface area (Å²) in [6.07, 6.45) is 0. The molecule has 1 N–H and O–H groups in total. The van der Waals surface area contributed by atoms with Gasteiger partial charge in [-0.3, -0.25) is 4.79 Å². The predicted molar refractivity (Wildman–Crippen MR) is 106 cm³/mol. The van der Waals surface area contributed by atoms with Gasteiger partial charge in [0.05, 0.1) is 23.4 Å². The van der Waals surface area contributed by atoms with Crippen LogP contribution >= 0.6 is 11.8 Å². The third-order valence-corrected chi connectivity index (χ3v) is 7.30. The van der Waals surface area contributed by atoms with Gasteiger partial charge in [0.1, 0.15) is 5.82 Å². The number of hydrogen-bond donors (Lipinski definition) is 1. The van der Waals surface area contributed by atoms with Gasteiger partial charge in [-0.1, -0.05) is 12.1 Å². The van der Waals surface area contributed by atoms with Crippen LogP contribution < -0.4 is 5.32 Å². The molecule has 1 aliphatic heterocycles. The number of amides is 1. The van der Waals surface area contributed by atoms with Gasteiger partial charge < -0.3 is 10.1 Å². The second-order valence-electron chi connectivity index (χ2n) is 6.22. The van der Waals surface area contributed by atoms with Crippen LogP contribution in [0.5, 0.6) is 0 Å². The van der Waals surface area contributed by atoms with Crippen molar-refractivity contribution in [3.8, 4) is 0 Å². The molecular formula is C19H21FN2O4S2. The van der Waals surface area contributed by atoms with Gasteiger partial charge in [0.25, 0.3) is 0 Å². The lowest BCUT2D eigenvalue weighted by atomic mass is 10.3. The third kappa shape index (κ3) is 4.91. The van der Waals surface area contributed by atoms with Gasteiger partial charge in [0, 0.05) is 23.7 Å². The van der Waals surface area contributed by atoms with Crippen LogP contribution in [0.3, 0.4) is 0 Å². The van der Waals surface area contributed by atoms with Crippen LogP contribution in [0.1, 0.15) is 6.92 Å². The van der Waals surface area contributed by atoms with Gasteiger partial charge in [0.15, 0.2) is 0 Å². The highest BCUT2D eigenvalue weighted by Gasteiger charge is 2.26. The standard InChI is InChI=1S/C19H21FN2O4S2/c1-14(27-18-5-3-2-4-17(18)20)19(23)21-15-6-8-16(9-7-15)28(24,25)22-10-12-26-13-11-22/h2-9,14H,10-13H2,1H3,(H,21,23). The molecule has 2 aromatic carbocycles. The lowest BCUT2D eigenvalue weighted by molar-refractivity contribution is -0.115. The predicted octanol–water partition coefficient (Wildman–Crippen LogP) is 2.97. The maximum absolute atomic E-state index is 13.7. The lowest BCUT2D eigenvalue weighted by Crippen LogP contribution is -2.40. The molecule has 9 heteroatoms. The number of sulfonamides is 1. The highest BCUT2D eigenvalue weighted by Crippen LogP contribution is 2.27. The summed E-state index contributed by atoms with van der Waals surface area (Å²) in [4.78, 5) is 12.9. The second kappa shape index (κ2) is 9.04. The van der Waals surface area contributed by atoms with E-state index in [4.69, 9.17) is 4.74 Å². The van der Waals surface area contributed by atoms with Crippen molar-refractivity contribution < 1.29 is 22.3 Å². The molecule has 1 heterocycles. The van der Waals surface area contributed by atoms with Gasteiger partial charge in [0.2, 0.25) is 15.9 Å². The second-order valence-corrected chi connectivity index (χ2v) is 9.54. The molecule has 1 fully saturated rings. The largest absolute Gasteiger partial charge is 0.379 e. The van der Waals surface area contributed by atoms with E-state index >= 15 is 0 Å². The van der Waals surface area contributed by atoms with E-state index in [9.17, 15) is 17.6 Å². The summed E-state index contributed by atoms with van der Waals surface area (Å²) in [7, 11) is -3.57. The molecule has 3 rings (SSSR count). The summed E-state index contributed by atoms with van der Waals surface area (Å²) in [5, 5.41) is 2.21. The van der Waals surface area contributed by atoms with Gasteiger partial charge in [-0.05, 0) is 43.3 Å². The van der Waals surface area contributed by atoms with Crippen molar-refractivity contribution in [2.45, 2.75) is 22.0 Å². The summed E-state index contributed by atoms with van der Waals surface area (Å²) in [5.74, 6) is -0.665. The maximum atomic E-state index is 13.7. The lowest BCUT2D eigenvalue weighted by Gasteiger charge is -2.26. The molecule has 0 spiro atoms. The number of morpholine rings is 1. The Kier molecular flexibility index (Phi) is 6.71. The van der Waals surface area contributed by atoms with Crippen LogP contribution in [0.2, 0.25) is 0 Å². The first-order valence-corrected chi connectivity index (χ1v) is 11.1. The number of halogens is 1. The summed E-state index contributed by atoms with van der Waals surface area (Å²) in [6.45, 7) is 3.09. The molecule has 0 radical (unpaired) electrons. The van der Waals surface area contributed by atoms with Crippen LogP contribution in [-0.4, -0.2) is 50.2 Å². The first kappa shape index (κ1) is 20.8. The Morgan fingerprint density at radius 3 is 2.43 bits per heavy atom. The molecule has 1 aliphatic rings. The third-order valence-electron chi connectivity index (χ3n) is 4.24. The average Bonchev–Trinajstić information content (AvgIpc) is 2.70. The van der Waals surface area contributed by atoms with Crippen molar-refractivity contribution in [3.05, 3.63) is 54.3 Å². The quantitative estimate of drug-likeness (QED) is 0.722. The highest BCUT2D eigenvalue weighted by molar-refractivity contribution is 8.00. The fraction of sp³-hybridized carbons (Fsp3) is 0.316. The first-order valence-electron chi connectivity index (χ1n) is 8.78. The van der Waals surface area contributed by atoms with E-state index in [2.05, 4.69) is 5.32 Å². The summed E-state index contributed by atoms with van der Waals surface area (Å²) >= 11 is 1.12. The van der Waals surface area contributed by atoms with Crippen molar-refractivity contribution >= 4 is 33.4 Å². The average molecular weight is 425 g/mol. The van der Waals surface area contributed by atoms with Crippen molar-refractivity contribution in [3.63, 3.8) is 0 Å². The zero-order valence-electron chi connectivity index (χ0n) is 15.3. The number of carbonyl (C=O) groups is 1. The number of anilines is 1. The summed E-state index contributed by atoms with van der Waals surface area (Å²) < 4.78 is 45.5. The summed E-state index contributed by atoms with van der Waals surface area (Å²) in [5.41, 5.74) is 0.479. The van der Waals surface area contributed by atoms with E-state index in [0.29, 0.717) is 36.9 Å². The molecule has 150 valence electrons. The minimum absolute atomic E-state index is 0.168. The zero-order chi connectivity index (χ0) is 20.1. The summed E-state index contributed by atoms with van der Waals surface area (Å²) in [6, 6.07) is 12.3. The van der Waals surface area contributed by atoms with Crippen LogP contribution in [0.4, 0.5) is 10.1 Å². The Morgan fingerprint density at radius 1 is 1.14 bits per heavy atom. The van der Waals surface area contributed by atoms with E-state index in [0.717, 1.165) is 11.8 Å². The molecule has 28 heavy (non-hydrogen) atoms. The van der Waals surface area contributed by atoms with Crippen LogP contribution in [0.15, 0.2) is 58.3 Å². The Balaban J connectivity index is 1.63. The maximum Gasteiger partial charge on any atom is 0.243 e. The van der Waals surface area contributed by atoms with E-state index in [-0.39, 0.29) is 16.6 Å². The minimum atomic E-state index is -3.57. The SMILES string of the molecule is CC(Sc1ccccc1F)C(=O)Nc1ccc(S(=O)(=O)N2CCOCC2)cc1. The Morgan fingerprint density at radius 2 is 1.79 bits per heavy atom. The zero-order valence-corrected chi connectivity index (χ0v) is 16.9.